The van der Waals surface area contributed by atoms with Crippen LogP contribution >= 0.6 is 45.2 Å². The fraction of sp³-hybridized carbons (Fsp3) is 0.395. The van der Waals surface area contributed by atoms with Gasteiger partial charge < -0.3 is 30.6 Å². The quantitative estimate of drug-likeness (QED) is 0.0204. The SMILES string of the molecule is CCCCCc1cc(I)c(O)c(C#Cc2cc(CCCCC)cc(C#Cc3cc(CCCCC)cc(C#Cc4cc(CCCCC)cc(C#Cc5cc(CCCCC)cc(C#Cc6cc(CCCCC)cc(I)c6O)c5O)c4O)c3O)c2O)c1. The van der Waals surface area contributed by atoms with E-state index in [1.165, 1.54) is 0 Å². The van der Waals surface area contributed by atoms with E-state index in [0.29, 0.717) is 55.6 Å². The normalized spacial score (nSPS) is 10.6. The Morgan fingerprint density at radius 1 is 0.226 bits per heavy atom. The van der Waals surface area contributed by atoms with Crippen molar-refractivity contribution in [3.8, 4) is 93.7 Å². The second kappa shape index (κ2) is 35.0. The Hall–Kier alpha value is -6.62. The van der Waals surface area contributed by atoms with Crippen molar-refractivity contribution in [3.63, 3.8) is 0 Å². The maximum Gasteiger partial charge on any atom is 0.146 e. The highest BCUT2D eigenvalue weighted by Crippen LogP contribution is 2.33. The van der Waals surface area contributed by atoms with E-state index in [9.17, 15) is 30.6 Å². The summed E-state index contributed by atoms with van der Waals surface area (Å²) in [5.41, 5.74) is 10.2. The Kier molecular flexibility index (Phi) is 27.7. The van der Waals surface area contributed by atoms with Gasteiger partial charge in [0.15, 0.2) is 0 Å². The minimum atomic E-state index is -0.104. The molecule has 0 aliphatic carbocycles. The van der Waals surface area contributed by atoms with E-state index in [4.69, 9.17) is 0 Å². The zero-order valence-electron chi connectivity index (χ0n) is 50.3. The number of aromatic hydroxyl groups is 6. The minimum Gasteiger partial charge on any atom is -0.506 e. The molecule has 8 heteroatoms. The fourth-order valence-corrected chi connectivity index (χ4v) is 11.4. The largest absolute Gasteiger partial charge is 0.506 e. The van der Waals surface area contributed by atoms with Crippen molar-refractivity contribution >= 4 is 45.2 Å². The first kappa shape index (κ1) is 66.5. The van der Waals surface area contributed by atoms with Crippen LogP contribution in [0, 0.1) is 66.3 Å². The van der Waals surface area contributed by atoms with Gasteiger partial charge in [0.05, 0.1) is 62.8 Å². The van der Waals surface area contributed by atoms with E-state index < -0.39 is 0 Å². The fourth-order valence-electron chi connectivity index (χ4n) is 10.1. The number of rotatable bonds is 24. The van der Waals surface area contributed by atoms with Crippen LogP contribution in [0.3, 0.4) is 0 Å². The smallest absolute Gasteiger partial charge is 0.146 e. The van der Waals surface area contributed by atoms with Gasteiger partial charge in [-0.15, -0.1) is 0 Å². The van der Waals surface area contributed by atoms with Gasteiger partial charge in [-0.25, -0.2) is 0 Å². The lowest BCUT2D eigenvalue weighted by Crippen LogP contribution is -1.94. The van der Waals surface area contributed by atoms with Gasteiger partial charge in [-0.1, -0.05) is 178 Å². The molecule has 6 N–H and O–H groups in total. The number of hydrogen-bond acceptors (Lipinski definition) is 6. The molecule has 0 aliphatic heterocycles. The predicted octanol–water partition coefficient (Wildman–Crippen LogP) is 18.5. The first-order chi connectivity index (χ1) is 40.7. The second-order valence-corrected chi connectivity index (χ2v) is 24.4. The molecule has 0 atom stereocenters. The lowest BCUT2D eigenvalue weighted by atomic mass is 9.97. The molecule has 6 aromatic rings. The third-order valence-electron chi connectivity index (χ3n) is 15.0. The van der Waals surface area contributed by atoms with E-state index in [0.717, 1.165) is 195 Å². The zero-order valence-corrected chi connectivity index (χ0v) is 54.7. The summed E-state index contributed by atoms with van der Waals surface area (Å²) in [7, 11) is 0. The standard InChI is InChI=1S/C76H84I2O6/c1-7-13-19-25-53-41-59(71(79)61(43-53)33-35-63-45-55(27-21-15-9-3)47-65(73(63)81)37-39-67-49-57(29-23-17-11-5)51-69(77)75(67)83)31-32-60-42-54(26-20-14-8-2)44-62(72(60)80)34-36-64-46-56(28-22-16-10-4)48-66(74(64)82)38-40-68-50-58(30-24-18-12-6)52-70(78)76(68)84/h41-52,79-84H,7-30H2,1-6H3. The van der Waals surface area contributed by atoms with Crippen LogP contribution in [0.15, 0.2) is 72.8 Å². The molecule has 0 heterocycles. The Morgan fingerprint density at radius 3 is 0.524 bits per heavy atom. The Labute approximate surface area is 530 Å². The summed E-state index contributed by atoms with van der Waals surface area (Å²) < 4.78 is 1.47. The number of aryl methyl sites for hydroxylation is 6. The van der Waals surface area contributed by atoms with E-state index in [2.05, 4.69) is 146 Å². The number of benzene rings is 6. The Morgan fingerprint density at radius 2 is 0.369 bits per heavy atom. The molecule has 0 fully saturated rings. The highest BCUT2D eigenvalue weighted by molar-refractivity contribution is 14.1. The summed E-state index contributed by atoms with van der Waals surface area (Å²) in [6, 6.07) is 23.1. The maximum absolute atomic E-state index is 12.0. The molecule has 84 heavy (non-hydrogen) atoms. The van der Waals surface area contributed by atoms with Crippen LogP contribution in [-0.4, -0.2) is 30.6 Å². The highest BCUT2D eigenvalue weighted by atomic mass is 127. The van der Waals surface area contributed by atoms with E-state index in [-0.39, 0.29) is 34.5 Å². The van der Waals surface area contributed by atoms with Crippen LogP contribution in [0.4, 0.5) is 0 Å². The van der Waals surface area contributed by atoms with Crippen molar-refractivity contribution in [2.75, 3.05) is 0 Å². The summed E-state index contributed by atoms with van der Waals surface area (Å²) >= 11 is 4.30. The molecule has 6 nitrogen and oxygen atoms in total. The van der Waals surface area contributed by atoms with Crippen molar-refractivity contribution in [1.82, 2.24) is 0 Å². The predicted molar refractivity (Wildman–Crippen MR) is 363 cm³/mol. The minimum absolute atomic E-state index is 0.0659. The molecule has 0 saturated carbocycles. The number of halogens is 2. The van der Waals surface area contributed by atoms with E-state index in [1.54, 1.807) is 0 Å². The Bertz CT molecular complexity index is 3330. The van der Waals surface area contributed by atoms with Crippen molar-refractivity contribution in [2.45, 2.75) is 196 Å². The second-order valence-electron chi connectivity index (χ2n) is 22.1. The van der Waals surface area contributed by atoms with Crippen LogP contribution in [-0.2, 0) is 38.5 Å². The molecule has 6 aromatic carbocycles. The van der Waals surface area contributed by atoms with Gasteiger partial charge in [0.25, 0.3) is 0 Å². The van der Waals surface area contributed by atoms with Crippen molar-refractivity contribution < 1.29 is 30.6 Å². The number of hydrogen-bond donors (Lipinski definition) is 6. The first-order valence-electron chi connectivity index (χ1n) is 30.8. The number of phenolic OH excluding ortho intramolecular Hbond substituents is 6. The highest BCUT2D eigenvalue weighted by Gasteiger charge is 2.15. The van der Waals surface area contributed by atoms with Gasteiger partial charge in [-0.2, -0.15) is 0 Å². The molecule has 0 aliphatic rings. The summed E-state index contributed by atoms with van der Waals surface area (Å²) in [4.78, 5) is 0. The number of phenols is 6. The van der Waals surface area contributed by atoms with Crippen molar-refractivity contribution in [3.05, 3.63) is 169 Å². The molecule has 0 radical (unpaired) electrons. The molecule has 0 unspecified atom stereocenters. The maximum atomic E-state index is 12.0. The van der Waals surface area contributed by atoms with Crippen molar-refractivity contribution in [1.29, 1.82) is 0 Å². The summed E-state index contributed by atoms with van der Waals surface area (Å²) in [5.74, 6) is 31.8. The third kappa shape index (κ3) is 20.0. The van der Waals surface area contributed by atoms with Crippen LogP contribution in [0.25, 0.3) is 0 Å². The molecule has 438 valence electrons. The van der Waals surface area contributed by atoms with E-state index in [1.807, 2.05) is 72.8 Å². The molecule has 0 spiro atoms. The third-order valence-corrected chi connectivity index (χ3v) is 16.6. The van der Waals surface area contributed by atoms with Gasteiger partial charge in [-0.3, -0.25) is 0 Å². The molecular weight excluding hydrogens is 1260 g/mol. The molecule has 0 bridgehead atoms. The summed E-state index contributed by atoms with van der Waals surface area (Å²) in [5, 5.41) is 69.8. The topological polar surface area (TPSA) is 121 Å². The van der Waals surface area contributed by atoms with Crippen LogP contribution in [0.2, 0.25) is 0 Å². The lowest BCUT2D eigenvalue weighted by molar-refractivity contribution is 0.469. The average molecular weight is 1350 g/mol. The van der Waals surface area contributed by atoms with Gasteiger partial charge in [0, 0.05) is 0 Å². The van der Waals surface area contributed by atoms with Gasteiger partial charge in [-0.05, 0) is 228 Å². The molecule has 6 rings (SSSR count). The molecule has 0 amide bonds. The van der Waals surface area contributed by atoms with Crippen molar-refractivity contribution in [2.24, 2.45) is 0 Å². The average Bonchev–Trinajstić information content (AvgIpc) is 3.52. The van der Waals surface area contributed by atoms with E-state index >= 15 is 0 Å². The first-order valence-corrected chi connectivity index (χ1v) is 32.9. The zero-order chi connectivity index (χ0) is 60.4. The van der Waals surface area contributed by atoms with Gasteiger partial charge >= 0.3 is 0 Å². The molecular formula is C76H84I2O6. The van der Waals surface area contributed by atoms with Gasteiger partial charge in [0.1, 0.15) is 34.5 Å². The lowest BCUT2D eigenvalue weighted by Gasteiger charge is -2.09. The monoisotopic (exact) mass is 1350 g/mol. The Balaban J connectivity index is 1.43. The number of unbranched alkanes of at least 4 members (excludes halogenated alkanes) is 12. The van der Waals surface area contributed by atoms with Crippen LogP contribution in [0.1, 0.15) is 246 Å². The summed E-state index contributed by atoms with van der Waals surface area (Å²) in [6.45, 7) is 13.0. The van der Waals surface area contributed by atoms with Gasteiger partial charge in [0.2, 0.25) is 0 Å². The van der Waals surface area contributed by atoms with Crippen LogP contribution < -0.4 is 0 Å². The molecule has 0 saturated heterocycles. The molecule has 0 aromatic heterocycles. The summed E-state index contributed by atoms with van der Waals surface area (Å²) in [6.07, 6.45) is 23.6. The van der Waals surface area contributed by atoms with Crippen LogP contribution in [0.5, 0.6) is 34.5 Å².